The van der Waals surface area contributed by atoms with Crippen molar-refractivity contribution in [2.24, 2.45) is 11.8 Å². The van der Waals surface area contributed by atoms with E-state index in [2.05, 4.69) is 0 Å². The molecule has 0 saturated carbocycles. The summed E-state index contributed by atoms with van der Waals surface area (Å²) < 4.78 is 10.1. The molecule has 7 heteroatoms. The maximum absolute atomic E-state index is 13.0. The number of amides is 2. The summed E-state index contributed by atoms with van der Waals surface area (Å²) in [6, 6.07) is 1.64. The first-order chi connectivity index (χ1) is 12.6. The van der Waals surface area contributed by atoms with Crippen molar-refractivity contribution in [2.75, 3.05) is 32.8 Å². The highest BCUT2D eigenvalue weighted by Crippen LogP contribution is 2.24. The van der Waals surface area contributed by atoms with Gasteiger partial charge in [-0.3, -0.25) is 14.4 Å². The van der Waals surface area contributed by atoms with Crippen LogP contribution in [0.3, 0.4) is 0 Å². The standard InChI is InChI=1S/C19H26N2O5/c1-2-26-19(24)15-6-4-9-21(12-15)17(22)14-5-3-8-20(11-14)18(23)16-7-10-25-13-16/h7,10,13-15H,2-6,8-9,11-12H2,1H3. The molecule has 2 aliphatic heterocycles. The third-order valence-electron chi connectivity index (χ3n) is 5.18. The summed E-state index contributed by atoms with van der Waals surface area (Å²) >= 11 is 0. The molecule has 7 nitrogen and oxygen atoms in total. The van der Waals surface area contributed by atoms with Crippen molar-refractivity contribution in [3.63, 3.8) is 0 Å². The first-order valence-electron chi connectivity index (χ1n) is 9.37. The van der Waals surface area contributed by atoms with Crippen LogP contribution in [-0.2, 0) is 14.3 Å². The van der Waals surface area contributed by atoms with Crippen LogP contribution in [0.15, 0.2) is 23.0 Å². The minimum atomic E-state index is -0.236. The zero-order valence-corrected chi connectivity index (χ0v) is 15.2. The number of piperidine rings is 2. The number of esters is 1. The zero-order valence-electron chi connectivity index (χ0n) is 15.2. The van der Waals surface area contributed by atoms with Gasteiger partial charge in [-0.25, -0.2) is 0 Å². The predicted octanol–water partition coefficient (Wildman–Crippen LogP) is 1.93. The fraction of sp³-hybridized carbons (Fsp3) is 0.632. The molecule has 2 atom stereocenters. The lowest BCUT2D eigenvalue weighted by molar-refractivity contribution is -0.152. The lowest BCUT2D eigenvalue weighted by Gasteiger charge is -2.37. The van der Waals surface area contributed by atoms with Gasteiger partial charge in [0.1, 0.15) is 6.26 Å². The lowest BCUT2D eigenvalue weighted by atomic mass is 9.93. The van der Waals surface area contributed by atoms with Gasteiger partial charge in [0.15, 0.2) is 0 Å². The van der Waals surface area contributed by atoms with Gasteiger partial charge in [0, 0.05) is 26.2 Å². The molecule has 26 heavy (non-hydrogen) atoms. The largest absolute Gasteiger partial charge is 0.472 e. The summed E-state index contributed by atoms with van der Waals surface area (Å²) in [5.41, 5.74) is 0.512. The average molecular weight is 362 g/mol. The number of carbonyl (C=O) groups is 3. The van der Waals surface area contributed by atoms with E-state index in [1.54, 1.807) is 22.8 Å². The average Bonchev–Trinajstić information content (AvgIpc) is 3.22. The molecule has 1 aromatic heterocycles. The maximum atomic E-state index is 13.0. The number of nitrogens with zero attached hydrogens (tertiary/aromatic N) is 2. The monoisotopic (exact) mass is 362 g/mol. The van der Waals surface area contributed by atoms with Gasteiger partial charge in [-0.05, 0) is 38.7 Å². The van der Waals surface area contributed by atoms with E-state index in [4.69, 9.17) is 9.15 Å². The van der Waals surface area contributed by atoms with Crippen molar-refractivity contribution in [3.05, 3.63) is 24.2 Å². The Hall–Kier alpha value is -2.31. The number of furan rings is 1. The van der Waals surface area contributed by atoms with Gasteiger partial charge < -0.3 is 19.0 Å². The van der Waals surface area contributed by atoms with E-state index in [1.807, 2.05) is 0 Å². The Bertz CT molecular complexity index is 642. The summed E-state index contributed by atoms with van der Waals surface area (Å²) in [5, 5.41) is 0. The molecule has 2 amide bonds. The molecule has 3 heterocycles. The Balaban J connectivity index is 1.60. The molecule has 0 radical (unpaired) electrons. The fourth-order valence-electron chi connectivity index (χ4n) is 3.82. The molecule has 3 rings (SSSR count). The van der Waals surface area contributed by atoms with Crippen molar-refractivity contribution in [2.45, 2.75) is 32.6 Å². The van der Waals surface area contributed by atoms with Crippen molar-refractivity contribution in [1.82, 2.24) is 9.80 Å². The summed E-state index contributed by atoms with van der Waals surface area (Å²) in [4.78, 5) is 40.9. The second-order valence-electron chi connectivity index (χ2n) is 6.98. The second kappa shape index (κ2) is 8.38. The number of hydrogen-bond donors (Lipinski definition) is 0. The van der Waals surface area contributed by atoms with Crippen LogP contribution in [-0.4, -0.2) is 60.4 Å². The highest BCUT2D eigenvalue weighted by Gasteiger charge is 2.35. The SMILES string of the molecule is CCOC(=O)C1CCCN(C(=O)C2CCCN(C(=O)c3ccoc3)C2)C1. The Labute approximate surface area is 153 Å². The quantitative estimate of drug-likeness (QED) is 0.765. The van der Waals surface area contributed by atoms with Gasteiger partial charge in [-0.2, -0.15) is 0 Å². The second-order valence-corrected chi connectivity index (χ2v) is 6.98. The van der Waals surface area contributed by atoms with E-state index >= 15 is 0 Å². The highest BCUT2D eigenvalue weighted by molar-refractivity contribution is 5.94. The van der Waals surface area contributed by atoms with Gasteiger partial charge in [-0.1, -0.05) is 0 Å². The lowest BCUT2D eigenvalue weighted by Crippen LogP contribution is -2.50. The molecule has 2 unspecified atom stereocenters. The molecule has 142 valence electrons. The van der Waals surface area contributed by atoms with E-state index in [0.29, 0.717) is 38.3 Å². The van der Waals surface area contributed by atoms with E-state index in [0.717, 1.165) is 25.7 Å². The zero-order chi connectivity index (χ0) is 18.5. The van der Waals surface area contributed by atoms with Gasteiger partial charge in [0.2, 0.25) is 5.91 Å². The Morgan fingerprint density at radius 1 is 1.12 bits per heavy atom. The van der Waals surface area contributed by atoms with Crippen LogP contribution in [0.4, 0.5) is 0 Å². The molecule has 2 aliphatic rings. The number of rotatable bonds is 4. The molecule has 0 bridgehead atoms. The van der Waals surface area contributed by atoms with Crippen molar-refractivity contribution >= 4 is 17.8 Å². The summed E-state index contributed by atoms with van der Waals surface area (Å²) in [6.07, 6.45) is 6.05. The molecule has 0 aromatic carbocycles. The van der Waals surface area contributed by atoms with Crippen LogP contribution in [0, 0.1) is 11.8 Å². The molecule has 0 spiro atoms. The van der Waals surface area contributed by atoms with Crippen LogP contribution < -0.4 is 0 Å². The normalized spacial score (nSPS) is 23.6. The van der Waals surface area contributed by atoms with E-state index < -0.39 is 0 Å². The summed E-state index contributed by atoms with van der Waals surface area (Å²) in [7, 11) is 0. The number of carbonyl (C=O) groups excluding carboxylic acids is 3. The third kappa shape index (κ3) is 4.08. The Kier molecular flexibility index (Phi) is 5.96. The molecule has 0 N–H and O–H groups in total. The van der Waals surface area contributed by atoms with Gasteiger partial charge in [0.05, 0.1) is 30.3 Å². The van der Waals surface area contributed by atoms with E-state index in [9.17, 15) is 14.4 Å². The molecule has 1 aromatic rings. The summed E-state index contributed by atoms with van der Waals surface area (Å²) in [6.45, 7) is 4.31. The minimum absolute atomic E-state index is 0.0451. The van der Waals surface area contributed by atoms with Crippen LogP contribution in [0.2, 0.25) is 0 Å². The smallest absolute Gasteiger partial charge is 0.310 e. The number of ether oxygens (including phenoxy) is 1. The van der Waals surface area contributed by atoms with Crippen molar-refractivity contribution < 1.29 is 23.5 Å². The van der Waals surface area contributed by atoms with Crippen LogP contribution in [0.5, 0.6) is 0 Å². The van der Waals surface area contributed by atoms with Gasteiger partial charge >= 0.3 is 5.97 Å². The first-order valence-corrected chi connectivity index (χ1v) is 9.37. The van der Waals surface area contributed by atoms with E-state index in [-0.39, 0.29) is 29.6 Å². The number of hydrogen-bond acceptors (Lipinski definition) is 5. The minimum Gasteiger partial charge on any atom is -0.472 e. The first kappa shape index (κ1) is 18.5. The fourth-order valence-corrected chi connectivity index (χ4v) is 3.82. The molecule has 0 aliphatic carbocycles. The van der Waals surface area contributed by atoms with Crippen LogP contribution in [0.25, 0.3) is 0 Å². The predicted molar refractivity (Wildman–Crippen MR) is 93.3 cm³/mol. The Morgan fingerprint density at radius 2 is 1.81 bits per heavy atom. The van der Waals surface area contributed by atoms with Gasteiger partial charge in [0.25, 0.3) is 5.91 Å². The molecule has 2 fully saturated rings. The van der Waals surface area contributed by atoms with Crippen LogP contribution in [0.1, 0.15) is 43.0 Å². The molecular formula is C19H26N2O5. The van der Waals surface area contributed by atoms with Crippen LogP contribution >= 0.6 is 0 Å². The topological polar surface area (TPSA) is 80.1 Å². The van der Waals surface area contributed by atoms with Crippen molar-refractivity contribution in [1.29, 1.82) is 0 Å². The maximum Gasteiger partial charge on any atom is 0.310 e. The van der Waals surface area contributed by atoms with Gasteiger partial charge in [-0.15, -0.1) is 0 Å². The highest BCUT2D eigenvalue weighted by atomic mass is 16.5. The third-order valence-corrected chi connectivity index (χ3v) is 5.18. The van der Waals surface area contributed by atoms with Crippen molar-refractivity contribution in [3.8, 4) is 0 Å². The summed E-state index contributed by atoms with van der Waals surface area (Å²) in [5.74, 6) is -0.714. The molecule has 2 saturated heterocycles. The Morgan fingerprint density at radius 3 is 2.50 bits per heavy atom. The molecular weight excluding hydrogens is 336 g/mol. The number of likely N-dealkylation sites (tertiary alicyclic amines) is 2. The van der Waals surface area contributed by atoms with E-state index in [1.165, 1.54) is 12.5 Å².